The maximum Gasteiger partial charge on any atom is 0.232 e. The van der Waals surface area contributed by atoms with Crippen LogP contribution < -0.4 is 9.62 Å². The fraction of sp³-hybridized carbons (Fsp3) is 0.316. The number of rotatable bonds is 8. The van der Waals surface area contributed by atoms with E-state index in [0.717, 1.165) is 11.8 Å². The zero-order chi connectivity index (χ0) is 20.0. The Kier molecular flexibility index (Phi) is 7.53. The van der Waals surface area contributed by atoms with Gasteiger partial charge in [0.25, 0.3) is 0 Å². The van der Waals surface area contributed by atoms with Crippen molar-refractivity contribution in [3.05, 3.63) is 64.1 Å². The number of sulfonamides is 1. The van der Waals surface area contributed by atoms with Crippen LogP contribution in [0.15, 0.2) is 48.5 Å². The van der Waals surface area contributed by atoms with Gasteiger partial charge in [0.05, 0.1) is 28.0 Å². The molecular formula is C19H22Cl2N2O3S. The largest absolute Gasteiger partial charge is 0.350 e. The monoisotopic (exact) mass is 428 g/mol. The average molecular weight is 429 g/mol. The summed E-state index contributed by atoms with van der Waals surface area (Å²) in [5, 5.41) is 3.54. The van der Waals surface area contributed by atoms with E-state index in [2.05, 4.69) is 5.32 Å². The van der Waals surface area contributed by atoms with Crippen molar-refractivity contribution >= 4 is 44.8 Å². The summed E-state index contributed by atoms with van der Waals surface area (Å²) in [5.41, 5.74) is 1.43. The summed E-state index contributed by atoms with van der Waals surface area (Å²) in [6.07, 6.45) is 1.71. The number of carbonyl (C=O) groups excluding carboxylic acids is 1. The molecule has 0 fully saturated rings. The van der Waals surface area contributed by atoms with Crippen LogP contribution in [0, 0.1) is 0 Å². The minimum absolute atomic E-state index is 0.111. The number of amides is 1. The minimum atomic E-state index is -3.51. The molecule has 0 spiro atoms. The van der Waals surface area contributed by atoms with E-state index in [4.69, 9.17) is 23.2 Å². The van der Waals surface area contributed by atoms with Gasteiger partial charge >= 0.3 is 0 Å². The van der Waals surface area contributed by atoms with Gasteiger partial charge in [0.2, 0.25) is 15.9 Å². The highest BCUT2D eigenvalue weighted by molar-refractivity contribution is 7.92. The molecular weight excluding hydrogens is 407 g/mol. The lowest BCUT2D eigenvalue weighted by Crippen LogP contribution is -2.32. The van der Waals surface area contributed by atoms with Gasteiger partial charge in [-0.3, -0.25) is 9.10 Å². The Morgan fingerprint density at radius 2 is 1.78 bits per heavy atom. The highest BCUT2D eigenvalue weighted by Crippen LogP contribution is 2.28. The topological polar surface area (TPSA) is 66.5 Å². The number of hydrogen-bond acceptors (Lipinski definition) is 3. The third-order valence-electron chi connectivity index (χ3n) is 4.03. The van der Waals surface area contributed by atoms with Gasteiger partial charge in [-0.25, -0.2) is 8.42 Å². The first-order valence-corrected chi connectivity index (χ1v) is 11.1. The van der Waals surface area contributed by atoms with Crippen molar-refractivity contribution in [1.29, 1.82) is 0 Å². The Labute approximate surface area is 170 Å². The van der Waals surface area contributed by atoms with Crippen LogP contribution >= 0.6 is 23.2 Å². The predicted octanol–water partition coefficient (Wildman–Crippen LogP) is 4.42. The van der Waals surface area contributed by atoms with Crippen molar-refractivity contribution in [3.63, 3.8) is 0 Å². The van der Waals surface area contributed by atoms with Gasteiger partial charge < -0.3 is 5.32 Å². The Hall–Kier alpha value is -1.76. The van der Waals surface area contributed by atoms with E-state index in [1.54, 1.807) is 12.1 Å². The number of nitrogens with zero attached hydrogens (tertiary/aromatic N) is 1. The molecule has 27 heavy (non-hydrogen) atoms. The van der Waals surface area contributed by atoms with Crippen LogP contribution in [0.2, 0.25) is 10.0 Å². The van der Waals surface area contributed by atoms with Crippen molar-refractivity contribution < 1.29 is 13.2 Å². The van der Waals surface area contributed by atoms with E-state index in [9.17, 15) is 13.2 Å². The first-order valence-electron chi connectivity index (χ1n) is 8.45. The molecule has 0 saturated heterocycles. The van der Waals surface area contributed by atoms with E-state index < -0.39 is 10.0 Å². The van der Waals surface area contributed by atoms with Gasteiger partial charge in [-0.15, -0.1) is 0 Å². The number of hydrogen-bond donors (Lipinski definition) is 1. The quantitative estimate of drug-likeness (QED) is 0.676. The number of halogens is 2. The molecule has 1 amide bonds. The molecule has 1 atom stereocenters. The highest BCUT2D eigenvalue weighted by Gasteiger charge is 2.19. The van der Waals surface area contributed by atoms with Gasteiger partial charge in [0, 0.05) is 13.0 Å². The zero-order valence-corrected chi connectivity index (χ0v) is 17.5. The van der Waals surface area contributed by atoms with Crippen LogP contribution in [0.25, 0.3) is 0 Å². The summed E-state index contributed by atoms with van der Waals surface area (Å²) in [5.74, 6) is -0.131. The second kappa shape index (κ2) is 9.44. The molecule has 0 aliphatic heterocycles. The molecule has 0 radical (unpaired) electrons. The second-order valence-electron chi connectivity index (χ2n) is 6.24. The smallest absolute Gasteiger partial charge is 0.232 e. The molecule has 0 aromatic heterocycles. The second-order valence-corrected chi connectivity index (χ2v) is 8.96. The summed E-state index contributed by atoms with van der Waals surface area (Å²) < 4.78 is 25.5. The molecule has 2 rings (SSSR count). The van der Waals surface area contributed by atoms with Crippen LogP contribution in [0.5, 0.6) is 0 Å². The van der Waals surface area contributed by atoms with Crippen molar-refractivity contribution in [1.82, 2.24) is 5.32 Å². The van der Waals surface area contributed by atoms with E-state index in [-0.39, 0.29) is 29.9 Å². The molecule has 2 aromatic carbocycles. The molecule has 146 valence electrons. The van der Waals surface area contributed by atoms with Crippen molar-refractivity contribution in [2.24, 2.45) is 0 Å². The van der Waals surface area contributed by atoms with E-state index in [1.807, 2.05) is 37.3 Å². The third kappa shape index (κ3) is 6.41. The van der Waals surface area contributed by atoms with Crippen LogP contribution in [0.1, 0.15) is 31.4 Å². The minimum Gasteiger partial charge on any atom is -0.350 e. The fourth-order valence-electron chi connectivity index (χ4n) is 2.65. The molecule has 0 bridgehead atoms. The number of carbonyl (C=O) groups is 1. The zero-order valence-electron chi connectivity index (χ0n) is 15.2. The molecule has 8 heteroatoms. The maximum atomic E-state index is 12.2. The molecule has 0 heterocycles. The summed E-state index contributed by atoms with van der Waals surface area (Å²) in [6.45, 7) is 2.08. The average Bonchev–Trinajstić information content (AvgIpc) is 2.61. The molecule has 0 saturated carbocycles. The number of benzene rings is 2. The Morgan fingerprint density at radius 1 is 1.11 bits per heavy atom. The molecule has 2 aromatic rings. The summed E-state index contributed by atoms with van der Waals surface area (Å²) >= 11 is 11.9. The Bertz CT molecular complexity index is 889. The lowest BCUT2D eigenvalue weighted by molar-refractivity contribution is -0.121. The van der Waals surface area contributed by atoms with Gasteiger partial charge in [-0.2, -0.15) is 0 Å². The molecule has 5 nitrogen and oxygen atoms in total. The van der Waals surface area contributed by atoms with Crippen LogP contribution in [0.3, 0.4) is 0 Å². The van der Waals surface area contributed by atoms with E-state index in [1.165, 1.54) is 10.4 Å². The molecule has 0 aliphatic rings. The fourth-order valence-corrected chi connectivity index (χ4v) is 3.90. The van der Waals surface area contributed by atoms with E-state index >= 15 is 0 Å². The summed E-state index contributed by atoms with van der Waals surface area (Å²) in [4.78, 5) is 12.2. The van der Waals surface area contributed by atoms with Gasteiger partial charge in [0.15, 0.2) is 0 Å². The lowest BCUT2D eigenvalue weighted by atomic mass is 10.1. The van der Waals surface area contributed by atoms with Crippen LogP contribution in [-0.4, -0.2) is 27.1 Å². The van der Waals surface area contributed by atoms with Crippen molar-refractivity contribution in [2.45, 2.75) is 25.8 Å². The van der Waals surface area contributed by atoms with Gasteiger partial charge in [0.1, 0.15) is 0 Å². The van der Waals surface area contributed by atoms with Crippen LogP contribution in [0.4, 0.5) is 5.69 Å². The number of nitrogens with one attached hydrogen (secondary N) is 1. The normalized spacial score (nSPS) is 12.4. The molecule has 0 aliphatic carbocycles. The number of anilines is 1. The summed E-state index contributed by atoms with van der Waals surface area (Å²) in [7, 11) is -3.51. The first kappa shape index (κ1) is 21.5. The standard InChI is InChI=1S/C19H22Cl2N2O3S/c1-14(15-7-4-3-5-8-15)22-19(24)9-6-12-23(27(2,25)26)16-10-11-17(20)18(21)13-16/h3-5,7-8,10-11,13-14H,6,9,12H2,1-2H3,(H,22,24)/t14-/m1/s1. The molecule has 0 unspecified atom stereocenters. The Morgan fingerprint density at radius 3 is 2.37 bits per heavy atom. The SMILES string of the molecule is C[C@@H](NC(=O)CCCN(c1ccc(Cl)c(Cl)c1)S(C)(=O)=O)c1ccccc1. The van der Waals surface area contributed by atoms with E-state index in [0.29, 0.717) is 17.1 Å². The van der Waals surface area contributed by atoms with Crippen molar-refractivity contribution in [3.8, 4) is 0 Å². The van der Waals surface area contributed by atoms with Crippen molar-refractivity contribution in [2.75, 3.05) is 17.1 Å². The summed E-state index contributed by atoms with van der Waals surface area (Å²) in [6, 6.07) is 14.2. The first-order chi connectivity index (χ1) is 12.7. The predicted molar refractivity (Wildman–Crippen MR) is 111 cm³/mol. The van der Waals surface area contributed by atoms with Crippen LogP contribution in [-0.2, 0) is 14.8 Å². The van der Waals surface area contributed by atoms with Gasteiger partial charge in [-0.1, -0.05) is 53.5 Å². The maximum absolute atomic E-state index is 12.2. The van der Waals surface area contributed by atoms with Gasteiger partial charge in [-0.05, 0) is 37.1 Å². The third-order valence-corrected chi connectivity index (χ3v) is 5.97. The molecule has 1 N–H and O–H groups in total. The lowest BCUT2D eigenvalue weighted by Gasteiger charge is -2.23. The Balaban J connectivity index is 1.95. The highest BCUT2D eigenvalue weighted by atomic mass is 35.5.